The number of likely N-dealkylation sites (N-methyl/N-ethyl adjacent to an activating group) is 1. The Morgan fingerprint density at radius 1 is 1.00 bits per heavy atom. The van der Waals surface area contributed by atoms with Gasteiger partial charge in [0.15, 0.2) is 9.84 Å². The van der Waals surface area contributed by atoms with Crippen LogP contribution >= 0.6 is 0 Å². The van der Waals surface area contributed by atoms with Crippen LogP contribution in [0.15, 0.2) is 53.4 Å². The van der Waals surface area contributed by atoms with Gasteiger partial charge in [0.05, 0.1) is 17.5 Å². The number of hydrogen-bond acceptors (Lipinski definition) is 4. The maximum Gasteiger partial charge on any atom is 0.251 e. The number of sulfone groups is 1. The molecule has 7 heteroatoms. The molecular weight excluding hydrogens is 400 g/mol. The van der Waals surface area contributed by atoms with Crippen LogP contribution in [-0.4, -0.2) is 45.0 Å². The van der Waals surface area contributed by atoms with Gasteiger partial charge in [-0.25, -0.2) is 8.42 Å². The Balaban J connectivity index is 1.97. The molecule has 0 bridgehead atoms. The highest BCUT2D eigenvalue weighted by atomic mass is 32.2. The highest BCUT2D eigenvalue weighted by molar-refractivity contribution is 7.90. The third kappa shape index (κ3) is 5.92. The second kappa shape index (κ2) is 9.00. The van der Waals surface area contributed by atoms with Gasteiger partial charge in [-0.1, -0.05) is 45.0 Å². The lowest BCUT2D eigenvalue weighted by molar-refractivity contribution is -0.130. The predicted octanol–water partition coefficient (Wildman–Crippen LogP) is 3.34. The first-order valence-corrected chi connectivity index (χ1v) is 11.6. The Labute approximate surface area is 179 Å². The largest absolute Gasteiger partial charge is 0.343 e. The lowest BCUT2D eigenvalue weighted by Gasteiger charge is -2.25. The van der Waals surface area contributed by atoms with Crippen LogP contribution in [0.2, 0.25) is 0 Å². The highest BCUT2D eigenvalue weighted by Gasteiger charge is 2.19. The number of amides is 2. The van der Waals surface area contributed by atoms with E-state index in [1.165, 1.54) is 17.0 Å². The van der Waals surface area contributed by atoms with Crippen LogP contribution in [0.3, 0.4) is 0 Å². The van der Waals surface area contributed by atoms with Crippen LogP contribution in [0.25, 0.3) is 0 Å². The Morgan fingerprint density at radius 2 is 1.53 bits per heavy atom. The van der Waals surface area contributed by atoms with Crippen LogP contribution in [-0.2, 0) is 20.0 Å². The van der Waals surface area contributed by atoms with E-state index in [1.807, 2.05) is 19.1 Å². The molecule has 0 aliphatic heterocycles. The van der Waals surface area contributed by atoms with E-state index in [1.54, 1.807) is 31.3 Å². The molecule has 0 saturated carbocycles. The summed E-state index contributed by atoms with van der Waals surface area (Å²) in [5.41, 5.74) is 2.44. The first-order valence-electron chi connectivity index (χ1n) is 9.75. The van der Waals surface area contributed by atoms with Gasteiger partial charge < -0.3 is 10.2 Å². The lowest BCUT2D eigenvalue weighted by Crippen LogP contribution is -2.39. The van der Waals surface area contributed by atoms with Crippen molar-refractivity contribution in [3.05, 3.63) is 65.2 Å². The second-order valence-corrected chi connectivity index (χ2v) is 10.5. The molecule has 0 saturated heterocycles. The number of hydrogen-bond donors (Lipinski definition) is 1. The van der Waals surface area contributed by atoms with E-state index >= 15 is 0 Å². The van der Waals surface area contributed by atoms with E-state index in [0.717, 1.165) is 17.4 Å². The summed E-state index contributed by atoms with van der Waals surface area (Å²) in [7, 11) is -1.61. The summed E-state index contributed by atoms with van der Waals surface area (Å²) in [6.45, 7) is 8.04. The smallest absolute Gasteiger partial charge is 0.251 e. The zero-order valence-corrected chi connectivity index (χ0v) is 19.2. The van der Waals surface area contributed by atoms with Crippen molar-refractivity contribution in [1.29, 1.82) is 0 Å². The van der Waals surface area contributed by atoms with Gasteiger partial charge >= 0.3 is 0 Å². The average molecular weight is 431 g/mol. The lowest BCUT2D eigenvalue weighted by atomic mass is 9.87. The molecule has 0 spiro atoms. The summed E-state index contributed by atoms with van der Waals surface area (Å²) >= 11 is 0. The first kappa shape index (κ1) is 23.6. The van der Waals surface area contributed by atoms with Crippen molar-refractivity contribution in [1.82, 2.24) is 10.2 Å². The molecule has 0 aliphatic carbocycles. The predicted molar refractivity (Wildman–Crippen MR) is 118 cm³/mol. The molecule has 0 fully saturated rings. The van der Waals surface area contributed by atoms with Gasteiger partial charge in [0, 0.05) is 18.9 Å². The van der Waals surface area contributed by atoms with Crippen molar-refractivity contribution in [2.45, 2.75) is 44.0 Å². The minimum atomic E-state index is -3.27. The Hall–Kier alpha value is -2.67. The standard InChI is InChI=1S/C23H30N2O4S/c1-16(17-9-13-20(14-10-17)30(6,28)29)25(5)21(26)15-24-22(27)18-7-11-19(12-8-18)23(2,3)4/h7-14,16H,15H2,1-6H3,(H,24,27). The summed E-state index contributed by atoms with van der Waals surface area (Å²) in [5.74, 6) is -0.545. The molecule has 30 heavy (non-hydrogen) atoms. The summed E-state index contributed by atoms with van der Waals surface area (Å²) in [6.07, 6.45) is 1.15. The Morgan fingerprint density at radius 3 is 2.00 bits per heavy atom. The number of carbonyl (C=O) groups excluding carboxylic acids is 2. The van der Waals surface area contributed by atoms with Crippen molar-refractivity contribution in [2.24, 2.45) is 0 Å². The van der Waals surface area contributed by atoms with Crippen molar-refractivity contribution in [3.8, 4) is 0 Å². The van der Waals surface area contributed by atoms with Crippen molar-refractivity contribution in [3.63, 3.8) is 0 Å². The van der Waals surface area contributed by atoms with Crippen molar-refractivity contribution < 1.29 is 18.0 Å². The maximum absolute atomic E-state index is 12.5. The second-order valence-electron chi connectivity index (χ2n) is 8.53. The first-order chi connectivity index (χ1) is 13.8. The Bertz CT molecular complexity index is 1000. The number of nitrogens with zero attached hydrogens (tertiary/aromatic N) is 1. The minimum Gasteiger partial charge on any atom is -0.343 e. The fraction of sp³-hybridized carbons (Fsp3) is 0.391. The molecule has 0 aromatic heterocycles. The molecule has 2 amide bonds. The summed E-state index contributed by atoms with van der Waals surface area (Å²) < 4.78 is 23.2. The van der Waals surface area contributed by atoms with Crippen molar-refractivity contribution >= 4 is 21.7 Å². The molecule has 1 unspecified atom stereocenters. The molecule has 162 valence electrons. The van der Waals surface area contributed by atoms with Crippen LogP contribution in [0.4, 0.5) is 0 Å². The fourth-order valence-corrected chi connectivity index (χ4v) is 3.57. The Kier molecular flexibility index (Phi) is 7.08. The SMILES string of the molecule is CC(c1ccc(S(C)(=O)=O)cc1)N(C)C(=O)CNC(=O)c1ccc(C(C)(C)C)cc1. The molecule has 0 radical (unpaired) electrons. The zero-order chi connectivity index (χ0) is 22.7. The summed E-state index contributed by atoms with van der Waals surface area (Å²) in [4.78, 5) is 26.6. The molecule has 2 aromatic carbocycles. The van der Waals surface area contributed by atoms with Crippen molar-refractivity contribution in [2.75, 3.05) is 19.8 Å². The van der Waals surface area contributed by atoms with E-state index in [0.29, 0.717) is 5.56 Å². The topological polar surface area (TPSA) is 83.6 Å². The maximum atomic E-state index is 12.5. The van der Waals surface area contributed by atoms with Crippen LogP contribution in [0.5, 0.6) is 0 Å². The average Bonchev–Trinajstić information content (AvgIpc) is 2.69. The van der Waals surface area contributed by atoms with Crippen LogP contribution < -0.4 is 5.32 Å². The molecule has 1 N–H and O–H groups in total. The van der Waals surface area contributed by atoms with Crippen LogP contribution in [0, 0.1) is 0 Å². The number of carbonyl (C=O) groups is 2. The molecule has 2 rings (SSSR count). The van der Waals surface area contributed by atoms with Gasteiger partial charge in [0.2, 0.25) is 5.91 Å². The quantitative estimate of drug-likeness (QED) is 0.762. The monoisotopic (exact) mass is 430 g/mol. The third-order valence-electron chi connectivity index (χ3n) is 5.18. The minimum absolute atomic E-state index is 0.00331. The van der Waals surface area contributed by atoms with Gasteiger partial charge in [-0.05, 0) is 47.7 Å². The van der Waals surface area contributed by atoms with Gasteiger partial charge in [-0.15, -0.1) is 0 Å². The van der Waals surface area contributed by atoms with Gasteiger partial charge in [-0.2, -0.15) is 0 Å². The number of rotatable bonds is 6. The number of nitrogens with one attached hydrogen (secondary N) is 1. The highest BCUT2D eigenvalue weighted by Crippen LogP contribution is 2.22. The number of benzene rings is 2. The molecule has 6 nitrogen and oxygen atoms in total. The molecule has 2 aromatic rings. The van der Waals surface area contributed by atoms with E-state index in [2.05, 4.69) is 26.1 Å². The fourth-order valence-electron chi connectivity index (χ4n) is 2.94. The van der Waals surface area contributed by atoms with E-state index in [-0.39, 0.29) is 34.7 Å². The van der Waals surface area contributed by atoms with Gasteiger partial charge in [0.25, 0.3) is 5.91 Å². The summed E-state index contributed by atoms with van der Waals surface area (Å²) in [6, 6.07) is 13.5. The molecular formula is C23H30N2O4S. The molecule has 1 atom stereocenters. The molecule has 0 aliphatic rings. The zero-order valence-electron chi connectivity index (χ0n) is 18.4. The third-order valence-corrected chi connectivity index (χ3v) is 6.31. The van der Waals surface area contributed by atoms with Gasteiger partial charge in [-0.3, -0.25) is 9.59 Å². The molecule has 0 heterocycles. The van der Waals surface area contributed by atoms with Gasteiger partial charge in [0.1, 0.15) is 0 Å². The van der Waals surface area contributed by atoms with E-state index in [4.69, 9.17) is 0 Å². The van der Waals surface area contributed by atoms with E-state index in [9.17, 15) is 18.0 Å². The summed E-state index contributed by atoms with van der Waals surface area (Å²) in [5, 5.41) is 2.66. The van der Waals surface area contributed by atoms with E-state index < -0.39 is 9.84 Å². The van der Waals surface area contributed by atoms with Crippen LogP contribution in [0.1, 0.15) is 55.2 Å². The normalized spacial score (nSPS) is 12.9.